The Bertz CT molecular complexity index is 185. The second-order valence-electron chi connectivity index (χ2n) is 5.67. The van der Waals surface area contributed by atoms with Crippen molar-refractivity contribution in [1.29, 1.82) is 0 Å². The molecule has 1 aliphatic rings. The highest BCUT2D eigenvalue weighted by molar-refractivity contribution is 7.99. The van der Waals surface area contributed by atoms with E-state index < -0.39 is 0 Å². The maximum absolute atomic E-state index is 8.67. The largest absolute Gasteiger partial charge is 0.396 e. The SMILES string of the molecule is CC1(C)CSCC(NCCCCCCO)C1. The Kier molecular flexibility index (Phi) is 6.78. The molecule has 0 aliphatic carbocycles. The molecule has 1 atom stereocenters. The number of hydrogen-bond donors (Lipinski definition) is 2. The van der Waals surface area contributed by atoms with E-state index in [1.54, 1.807) is 0 Å². The molecule has 0 spiro atoms. The summed E-state index contributed by atoms with van der Waals surface area (Å²) in [6.07, 6.45) is 5.95. The van der Waals surface area contributed by atoms with Crippen molar-refractivity contribution in [1.82, 2.24) is 5.32 Å². The van der Waals surface area contributed by atoms with Crippen LogP contribution in [-0.2, 0) is 0 Å². The van der Waals surface area contributed by atoms with E-state index in [0.29, 0.717) is 18.1 Å². The normalized spacial score (nSPS) is 24.6. The highest BCUT2D eigenvalue weighted by Gasteiger charge is 2.27. The monoisotopic (exact) mass is 245 g/mol. The Morgan fingerprint density at radius 1 is 1.25 bits per heavy atom. The number of unbranched alkanes of at least 4 members (excludes halogenated alkanes) is 3. The fourth-order valence-corrected chi connectivity index (χ4v) is 3.60. The molecule has 0 saturated carbocycles. The van der Waals surface area contributed by atoms with E-state index in [4.69, 9.17) is 5.11 Å². The molecule has 1 rings (SSSR count). The molecule has 1 heterocycles. The second kappa shape index (κ2) is 7.57. The number of aliphatic hydroxyl groups excluding tert-OH is 1. The molecule has 1 fully saturated rings. The molecule has 1 aliphatic heterocycles. The summed E-state index contributed by atoms with van der Waals surface area (Å²) in [6.45, 7) is 6.23. The Hall–Kier alpha value is 0.270. The zero-order valence-electron chi connectivity index (χ0n) is 10.8. The third-order valence-corrected chi connectivity index (χ3v) is 4.75. The van der Waals surface area contributed by atoms with Crippen molar-refractivity contribution in [2.24, 2.45) is 5.41 Å². The van der Waals surface area contributed by atoms with Crippen LogP contribution in [0, 0.1) is 5.41 Å². The zero-order valence-corrected chi connectivity index (χ0v) is 11.6. The summed E-state index contributed by atoms with van der Waals surface area (Å²) < 4.78 is 0. The molecule has 3 heteroatoms. The predicted molar refractivity (Wildman–Crippen MR) is 73.1 cm³/mol. The van der Waals surface area contributed by atoms with Gasteiger partial charge in [0.15, 0.2) is 0 Å². The van der Waals surface area contributed by atoms with Crippen LogP contribution in [0.5, 0.6) is 0 Å². The third-order valence-electron chi connectivity index (χ3n) is 3.13. The van der Waals surface area contributed by atoms with E-state index >= 15 is 0 Å². The second-order valence-corrected chi connectivity index (χ2v) is 6.70. The third kappa shape index (κ3) is 6.12. The standard InChI is InChI=1S/C13H27NOS/c1-13(2)9-12(10-16-11-13)14-7-5-3-4-6-8-15/h12,14-15H,3-11H2,1-2H3. The summed E-state index contributed by atoms with van der Waals surface area (Å²) in [5, 5.41) is 12.3. The average molecular weight is 245 g/mol. The van der Waals surface area contributed by atoms with Gasteiger partial charge < -0.3 is 10.4 Å². The van der Waals surface area contributed by atoms with Crippen LogP contribution in [0.3, 0.4) is 0 Å². The molecule has 2 N–H and O–H groups in total. The van der Waals surface area contributed by atoms with Gasteiger partial charge in [-0.15, -0.1) is 0 Å². The zero-order chi connectivity index (χ0) is 11.9. The van der Waals surface area contributed by atoms with Crippen LogP contribution in [0.25, 0.3) is 0 Å². The molecule has 16 heavy (non-hydrogen) atoms. The number of nitrogens with one attached hydrogen (secondary N) is 1. The lowest BCUT2D eigenvalue weighted by molar-refractivity contribution is 0.281. The lowest BCUT2D eigenvalue weighted by atomic mass is 9.88. The summed E-state index contributed by atoms with van der Waals surface area (Å²) in [5.74, 6) is 2.59. The fraction of sp³-hybridized carbons (Fsp3) is 1.00. The highest BCUT2D eigenvalue weighted by atomic mass is 32.2. The van der Waals surface area contributed by atoms with Gasteiger partial charge in [-0.2, -0.15) is 11.8 Å². The Morgan fingerprint density at radius 2 is 2.00 bits per heavy atom. The van der Waals surface area contributed by atoms with Crippen LogP contribution in [0.4, 0.5) is 0 Å². The topological polar surface area (TPSA) is 32.3 Å². The molecule has 0 aromatic heterocycles. The minimum atomic E-state index is 0.348. The van der Waals surface area contributed by atoms with Crippen molar-refractivity contribution < 1.29 is 5.11 Å². The van der Waals surface area contributed by atoms with Crippen LogP contribution >= 0.6 is 11.8 Å². The van der Waals surface area contributed by atoms with Crippen molar-refractivity contribution in [3.63, 3.8) is 0 Å². The first-order valence-electron chi connectivity index (χ1n) is 6.56. The van der Waals surface area contributed by atoms with Crippen LogP contribution in [0.1, 0.15) is 46.0 Å². The van der Waals surface area contributed by atoms with E-state index in [2.05, 4.69) is 30.9 Å². The first-order valence-corrected chi connectivity index (χ1v) is 7.71. The van der Waals surface area contributed by atoms with Crippen LogP contribution in [-0.4, -0.2) is 35.8 Å². The molecule has 1 unspecified atom stereocenters. The van der Waals surface area contributed by atoms with Gasteiger partial charge >= 0.3 is 0 Å². The maximum atomic E-state index is 8.67. The predicted octanol–water partition coefficient (Wildman–Crippen LogP) is 2.66. The van der Waals surface area contributed by atoms with Crippen molar-refractivity contribution in [3.05, 3.63) is 0 Å². The summed E-state index contributed by atoms with van der Waals surface area (Å²) in [7, 11) is 0. The quantitative estimate of drug-likeness (QED) is 0.676. The Labute approximate surface area is 105 Å². The molecule has 2 nitrogen and oxygen atoms in total. The molecule has 0 aromatic rings. The van der Waals surface area contributed by atoms with E-state index in [1.165, 1.54) is 37.2 Å². The van der Waals surface area contributed by atoms with Gasteiger partial charge in [0, 0.05) is 18.4 Å². The molecule has 0 bridgehead atoms. The molecule has 0 aromatic carbocycles. The average Bonchev–Trinajstić information content (AvgIpc) is 2.22. The fourth-order valence-electron chi connectivity index (χ4n) is 2.29. The van der Waals surface area contributed by atoms with E-state index in [0.717, 1.165) is 13.0 Å². The summed E-state index contributed by atoms with van der Waals surface area (Å²) in [4.78, 5) is 0. The first kappa shape index (κ1) is 14.3. The molecule has 0 radical (unpaired) electrons. The van der Waals surface area contributed by atoms with Crippen LogP contribution < -0.4 is 5.32 Å². The lowest BCUT2D eigenvalue weighted by Crippen LogP contribution is -2.40. The summed E-state index contributed by atoms with van der Waals surface area (Å²) in [6, 6.07) is 0.714. The molecular formula is C13H27NOS. The van der Waals surface area contributed by atoms with Gasteiger partial charge in [-0.05, 0) is 37.0 Å². The Balaban J connectivity index is 2.00. The molecule has 0 amide bonds. The highest BCUT2D eigenvalue weighted by Crippen LogP contribution is 2.33. The smallest absolute Gasteiger partial charge is 0.0431 e. The number of rotatable bonds is 7. The number of thioether (sulfide) groups is 1. The maximum Gasteiger partial charge on any atom is 0.0431 e. The van der Waals surface area contributed by atoms with Gasteiger partial charge in [-0.1, -0.05) is 26.7 Å². The van der Waals surface area contributed by atoms with Gasteiger partial charge in [0.1, 0.15) is 0 Å². The Morgan fingerprint density at radius 3 is 2.69 bits per heavy atom. The minimum Gasteiger partial charge on any atom is -0.396 e. The number of hydrogen-bond acceptors (Lipinski definition) is 3. The number of aliphatic hydroxyl groups is 1. The van der Waals surface area contributed by atoms with Gasteiger partial charge in [0.2, 0.25) is 0 Å². The van der Waals surface area contributed by atoms with Gasteiger partial charge in [0.05, 0.1) is 0 Å². The van der Waals surface area contributed by atoms with Crippen molar-refractivity contribution in [3.8, 4) is 0 Å². The van der Waals surface area contributed by atoms with Gasteiger partial charge in [-0.25, -0.2) is 0 Å². The summed E-state index contributed by atoms with van der Waals surface area (Å²) in [5.41, 5.74) is 0.511. The molecule has 1 saturated heterocycles. The van der Waals surface area contributed by atoms with Crippen molar-refractivity contribution in [2.45, 2.75) is 52.0 Å². The van der Waals surface area contributed by atoms with E-state index in [-0.39, 0.29) is 0 Å². The summed E-state index contributed by atoms with van der Waals surface area (Å²) >= 11 is 2.09. The van der Waals surface area contributed by atoms with Gasteiger partial charge in [0.25, 0.3) is 0 Å². The minimum absolute atomic E-state index is 0.348. The van der Waals surface area contributed by atoms with Crippen LogP contribution in [0.2, 0.25) is 0 Å². The van der Waals surface area contributed by atoms with E-state index in [9.17, 15) is 0 Å². The van der Waals surface area contributed by atoms with Crippen molar-refractivity contribution >= 4 is 11.8 Å². The first-order chi connectivity index (χ1) is 7.64. The van der Waals surface area contributed by atoms with E-state index in [1.807, 2.05) is 0 Å². The molecule has 96 valence electrons. The lowest BCUT2D eigenvalue weighted by Gasteiger charge is -2.35. The van der Waals surface area contributed by atoms with Crippen LogP contribution in [0.15, 0.2) is 0 Å². The van der Waals surface area contributed by atoms with Gasteiger partial charge in [-0.3, -0.25) is 0 Å². The van der Waals surface area contributed by atoms with Crippen molar-refractivity contribution in [2.75, 3.05) is 24.7 Å². The molecular weight excluding hydrogens is 218 g/mol.